The molecule has 0 bridgehead atoms. The second-order valence-electron chi connectivity index (χ2n) is 6.46. The quantitative estimate of drug-likeness (QED) is 0.461. The Hall–Kier alpha value is -0.380. The van der Waals surface area contributed by atoms with Crippen LogP contribution in [0.3, 0.4) is 0 Å². The van der Waals surface area contributed by atoms with Gasteiger partial charge in [0.25, 0.3) is 0 Å². The van der Waals surface area contributed by atoms with Gasteiger partial charge < -0.3 is 10.2 Å². The summed E-state index contributed by atoms with van der Waals surface area (Å²) in [4.78, 5) is 7.21. The third-order valence-corrected chi connectivity index (χ3v) is 5.19. The van der Waals surface area contributed by atoms with Crippen molar-refractivity contribution in [3.05, 3.63) is 0 Å². The van der Waals surface area contributed by atoms with Crippen LogP contribution in [0.1, 0.15) is 47.5 Å². The van der Waals surface area contributed by atoms with Gasteiger partial charge in [-0.3, -0.25) is 4.99 Å². The zero-order valence-corrected chi connectivity index (χ0v) is 14.4. The maximum absolute atomic E-state index is 4.79. The zero-order chi connectivity index (χ0) is 14.5. The highest BCUT2D eigenvalue weighted by Gasteiger charge is 2.53. The maximum Gasteiger partial charge on any atom is 0.194 e. The van der Waals surface area contributed by atoms with Gasteiger partial charge in [0, 0.05) is 30.6 Å². The lowest BCUT2D eigenvalue weighted by molar-refractivity contribution is -0.0667. The Balaban J connectivity index is 2.56. The van der Waals surface area contributed by atoms with Crippen molar-refractivity contribution in [1.82, 2.24) is 10.2 Å². The third kappa shape index (κ3) is 3.80. The number of thioether (sulfide) groups is 1. The number of guanidine groups is 1. The van der Waals surface area contributed by atoms with E-state index in [4.69, 9.17) is 4.99 Å². The van der Waals surface area contributed by atoms with E-state index in [1.54, 1.807) is 0 Å². The van der Waals surface area contributed by atoms with E-state index >= 15 is 0 Å². The Morgan fingerprint density at radius 2 is 1.95 bits per heavy atom. The van der Waals surface area contributed by atoms with Gasteiger partial charge in [0.1, 0.15) is 0 Å². The van der Waals surface area contributed by atoms with Gasteiger partial charge >= 0.3 is 0 Å². The average molecular weight is 286 g/mol. The van der Waals surface area contributed by atoms with Crippen molar-refractivity contribution in [1.29, 1.82) is 0 Å². The SMILES string of the molecule is CCNC(=NCCCCSC)N1CC(C)(C)C1(C)C. The van der Waals surface area contributed by atoms with E-state index in [1.165, 1.54) is 18.6 Å². The third-order valence-electron chi connectivity index (χ3n) is 4.49. The second kappa shape index (κ2) is 6.87. The number of hydrogen-bond donors (Lipinski definition) is 1. The van der Waals surface area contributed by atoms with Crippen molar-refractivity contribution in [2.45, 2.75) is 53.0 Å². The molecule has 112 valence electrons. The molecule has 1 N–H and O–H groups in total. The molecule has 1 aliphatic heterocycles. The van der Waals surface area contributed by atoms with Gasteiger partial charge in [-0.25, -0.2) is 0 Å². The monoisotopic (exact) mass is 285 g/mol. The van der Waals surface area contributed by atoms with Gasteiger partial charge in [0.05, 0.1) is 0 Å². The summed E-state index contributed by atoms with van der Waals surface area (Å²) in [5.41, 5.74) is 0.551. The molecule has 0 aromatic carbocycles. The number of nitrogens with one attached hydrogen (secondary N) is 1. The number of likely N-dealkylation sites (tertiary alicyclic amines) is 1. The van der Waals surface area contributed by atoms with Gasteiger partial charge in [0.2, 0.25) is 0 Å². The molecule has 1 fully saturated rings. The molecule has 0 atom stereocenters. The fourth-order valence-corrected chi connectivity index (χ4v) is 2.83. The van der Waals surface area contributed by atoms with Crippen LogP contribution in [-0.2, 0) is 0 Å². The summed E-state index contributed by atoms with van der Waals surface area (Å²) in [6.07, 6.45) is 4.62. The summed E-state index contributed by atoms with van der Waals surface area (Å²) in [6, 6.07) is 0. The molecule has 0 aromatic heterocycles. The lowest BCUT2D eigenvalue weighted by atomic mass is 9.65. The maximum atomic E-state index is 4.79. The number of unbranched alkanes of at least 4 members (excludes halogenated alkanes) is 1. The van der Waals surface area contributed by atoms with E-state index < -0.39 is 0 Å². The molecule has 0 aliphatic carbocycles. The average Bonchev–Trinajstić information content (AvgIpc) is 2.34. The van der Waals surface area contributed by atoms with Crippen LogP contribution in [0.4, 0.5) is 0 Å². The highest BCUT2D eigenvalue weighted by atomic mass is 32.2. The summed E-state index contributed by atoms with van der Waals surface area (Å²) in [5, 5.41) is 3.44. The summed E-state index contributed by atoms with van der Waals surface area (Å²) in [6.45, 7) is 14.4. The Morgan fingerprint density at radius 3 is 2.42 bits per heavy atom. The van der Waals surface area contributed by atoms with Gasteiger partial charge in [0.15, 0.2) is 5.96 Å². The molecule has 4 heteroatoms. The topological polar surface area (TPSA) is 27.6 Å². The van der Waals surface area contributed by atoms with Crippen LogP contribution in [0.5, 0.6) is 0 Å². The van der Waals surface area contributed by atoms with Crippen molar-refractivity contribution in [2.24, 2.45) is 10.4 Å². The molecule has 0 spiro atoms. The van der Waals surface area contributed by atoms with Gasteiger partial charge in [-0.1, -0.05) is 13.8 Å². The second-order valence-corrected chi connectivity index (χ2v) is 7.45. The van der Waals surface area contributed by atoms with E-state index in [2.05, 4.69) is 51.1 Å². The molecule has 1 saturated heterocycles. The highest BCUT2D eigenvalue weighted by molar-refractivity contribution is 7.98. The number of nitrogens with zero attached hydrogens (tertiary/aromatic N) is 2. The van der Waals surface area contributed by atoms with Crippen molar-refractivity contribution < 1.29 is 0 Å². The highest BCUT2D eigenvalue weighted by Crippen LogP contribution is 2.46. The van der Waals surface area contributed by atoms with Crippen LogP contribution in [-0.4, -0.2) is 48.0 Å². The predicted molar refractivity (Wildman–Crippen MR) is 88.2 cm³/mol. The zero-order valence-electron chi connectivity index (χ0n) is 13.5. The van der Waals surface area contributed by atoms with Gasteiger partial charge in [-0.2, -0.15) is 11.8 Å². The molecular weight excluding hydrogens is 254 g/mol. The van der Waals surface area contributed by atoms with Crippen LogP contribution < -0.4 is 5.32 Å². The van der Waals surface area contributed by atoms with Crippen molar-refractivity contribution in [3.8, 4) is 0 Å². The molecule has 19 heavy (non-hydrogen) atoms. The molecule has 1 rings (SSSR count). The Morgan fingerprint density at radius 1 is 1.26 bits per heavy atom. The first-order valence-corrected chi connectivity index (χ1v) is 8.81. The molecule has 0 aromatic rings. The molecule has 3 nitrogen and oxygen atoms in total. The summed E-state index contributed by atoms with van der Waals surface area (Å²) < 4.78 is 0. The Labute approximate surface area is 123 Å². The van der Waals surface area contributed by atoms with E-state index in [1.807, 2.05) is 11.8 Å². The first-order valence-electron chi connectivity index (χ1n) is 7.41. The van der Waals surface area contributed by atoms with Gasteiger partial charge in [-0.05, 0) is 45.6 Å². The number of aliphatic imine (C=N–C) groups is 1. The van der Waals surface area contributed by atoms with Crippen LogP contribution >= 0.6 is 11.8 Å². The molecule has 0 amide bonds. The molecular formula is C15H31N3S. The summed E-state index contributed by atoms with van der Waals surface area (Å²) >= 11 is 1.92. The Kier molecular flexibility index (Phi) is 6.03. The normalized spacial score (nSPS) is 21.2. The molecule has 0 unspecified atom stereocenters. The van der Waals surface area contributed by atoms with E-state index in [-0.39, 0.29) is 5.54 Å². The predicted octanol–water partition coefficient (Wildman–Crippen LogP) is 3.22. The lowest BCUT2D eigenvalue weighted by Crippen LogP contribution is -2.72. The first kappa shape index (κ1) is 16.7. The molecule has 1 heterocycles. The number of hydrogen-bond acceptors (Lipinski definition) is 2. The summed E-state index contributed by atoms with van der Waals surface area (Å²) in [5.74, 6) is 2.34. The minimum atomic E-state index is 0.188. The molecule has 0 radical (unpaired) electrons. The largest absolute Gasteiger partial charge is 0.356 e. The fraction of sp³-hybridized carbons (Fsp3) is 0.933. The first-order chi connectivity index (χ1) is 8.86. The summed E-state index contributed by atoms with van der Waals surface area (Å²) in [7, 11) is 0. The van der Waals surface area contributed by atoms with Crippen LogP contribution in [0.15, 0.2) is 4.99 Å². The lowest BCUT2D eigenvalue weighted by Gasteiger charge is -2.62. The van der Waals surface area contributed by atoms with Crippen LogP contribution in [0.25, 0.3) is 0 Å². The van der Waals surface area contributed by atoms with Crippen molar-refractivity contribution in [3.63, 3.8) is 0 Å². The minimum Gasteiger partial charge on any atom is -0.356 e. The number of rotatable bonds is 6. The smallest absolute Gasteiger partial charge is 0.194 e. The van der Waals surface area contributed by atoms with E-state index in [0.717, 1.165) is 25.6 Å². The van der Waals surface area contributed by atoms with Crippen molar-refractivity contribution >= 4 is 17.7 Å². The molecule has 1 aliphatic rings. The van der Waals surface area contributed by atoms with Crippen LogP contribution in [0, 0.1) is 5.41 Å². The fourth-order valence-electron chi connectivity index (χ4n) is 2.34. The van der Waals surface area contributed by atoms with E-state index in [9.17, 15) is 0 Å². The van der Waals surface area contributed by atoms with Gasteiger partial charge in [-0.15, -0.1) is 0 Å². The Bertz CT molecular complexity index is 311. The molecule has 0 saturated carbocycles. The van der Waals surface area contributed by atoms with Crippen LogP contribution in [0.2, 0.25) is 0 Å². The van der Waals surface area contributed by atoms with Crippen molar-refractivity contribution in [2.75, 3.05) is 31.6 Å². The standard InChI is InChI=1S/C15H31N3S/c1-7-16-13(17-10-8-9-11-19-6)18-12-14(2,3)15(18,4)5/h7-12H2,1-6H3,(H,16,17). The van der Waals surface area contributed by atoms with E-state index in [0.29, 0.717) is 5.41 Å². The minimum absolute atomic E-state index is 0.188.